The zero-order valence-corrected chi connectivity index (χ0v) is 11.2. The van der Waals surface area contributed by atoms with Crippen LogP contribution in [0.25, 0.3) is 0 Å². The van der Waals surface area contributed by atoms with Crippen molar-refractivity contribution < 1.29 is 0 Å². The van der Waals surface area contributed by atoms with Crippen molar-refractivity contribution >= 4 is 16.5 Å². The second kappa shape index (κ2) is 5.15. The lowest BCUT2D eigenvalue weighted by Gasteiger charge is -2.28. The van der Waals surface area contributed by atoms with Crippen molar-refractivity contribution in [2.24, 2.45) is 0 Å². The SMILES string of the molecule is CNC1CCC(Nc2nc(C)c(C)s2)CC1. The lowest BCUT2D eigenvalue weighted by molar-refractivity contribution is 0.371. The Balaban J connectivity index is 1.87. The Hall–Kier alpha value is -0.610. The van der Waals surface area contributed by atoms with Crippen LogP contribution in [0.1, 0.15) is 36.3 Å². The monoisotopic (exact) mass is 239 g/mol. The maximum absolute atomic E-state index is 4.54. The lowest BCUT2D eigenvalue weighted by Crippen LogP contribution is -2.34. The third kappa shape index (κ3) is 2.74. The molecular weight excluding hydrogens is 218 g/mol. The number of rotatable bonds is 3. The molecule has 90 valence electrons. The maximum Gasteiger partial charge on any atom is 0.183 e. The van der Waals surface area contributed by atoms with Crippen LogP contribution in [-0.2, 0) is 0 Å². The number of nitrogens with one attached hydrogen (secondary N) is 2. The smallest absolute Gasteiger partial charge is 0.183 e. The summed E-state index contributed by atoms with van der Waals surface area (Å²) in [6.07, 6.45) is 5.06. The Labute approximate surface area is 102 Å². The maximum atomic E-state index is 4.54. The van der Waals surface area contributed by atoms with Crippen LogP contribution in [0.3, 0.4) is 0 Å². The highest BCUT2D eigenvalue weighted by Crippen LogP contribution is 2.26. The minimum atomic E-state index is 0.620. The molecule has 0 saturated heterocycles. The number of anilines is 1. The van der Waals surface area contributed by atoms with Crippen molar-refractivity contribution in [3.8, 4) is 0 Å². The Morgan fingerprint density at radius 1 is 1.12 bits per heavy atom. The van der Waals surface area contributed by atoms with E-state index in [1.165, 1.54) is 30.6 Å². The molecule has 0 aromatic carbocycles. The van der Waals surface area contributed by atoms with Gasteiger partial charge in [0.05, 0.1) is 5.69 Å². The standard InChI is InChI=1S/C12H21N3S/c1-8-9(2)16-12(14-8)15-11-6-4-10(13-3)5-7-11/h10-11,13H,4-7H2,1-3H3,(H,14,15). The predicted octanol–water partition coefficient (Wildman–Crippen LogP) is 2.70. The molecule has 1 aliphatic rings. The van der Waals surface area contributed by atoms with Gasteiger partial charge in [-0.2, -0.15) is 0 Å². The first kappa shape index (κ1) is 11.9. The first-order valence-corrected chi connectivity index (χ1v) is 6.88. The molecule has 2 rings (SSSR count). The van der Waals surface area contributed by atoms with E-state index in [0.717, 1.165) is 16.9 Å². The van der Waals surface area contributed by atoms with Crippen LogP contribution in [0.5, 0.6) is 0 Å². The second-order valence-electron chi connectivity index (χ2n) is 4.64. The zero-order chi connectivity index (χ0) is 11.5. The zero-order valence-electron chi connectivity index (χ0n) is 10.3. The Kier molecular flexibility index (Phi) is 3.82. The van der Waals surface area contributed by atoms with Gasteiger partial charge in [-0.1, -0.05) is 0 Å². The van der Waals surface area contributed by atoms with Crippen LogP contribution in [0.2, 0.25) is 0 Å². The fraction of sp³-hybridized carbons (Fsp3) is 0.750. The van der Waals surface area contributed by atoms with Gasteiger partial charge in [0.2, 0.25) is 0 Å². The van der Waals surface area contributed by atoms with E-state index < -0.39 is 0 Å². The number of nitrogens with zero attached hydrogens (tertiary/aromatic N) is 1. The largest absolute Gasteiger partial charge is 0.359 e. The average Bonchev–Trinajstić information content (AvgIpc) is 2.59. The highest BCUT2D eigenvalue weighted by Gasteiger charge is 2.20. The van der Waals surface area contributed by atoms with Crippen molar-refractivity contribution in [3.63, 3.8) is 0 Å². The van der Waals surface area contributed by atoms with Crippen molar-refractivity contribution in [2.45, 2.75) is 51.6 Å². The van der Waals surface area contributed by atoms with Gasteiger partial charge < -0.3 is 10.6 Å². The molecule has 0 atom stereocenters. The van der Waals surface area contributed by atoms with Crippen LogP contribution in [0.15, 0.2) is 0 Å². The van der Waals surface area contributed by atoms with Crippen LogP contribution in [-0.4, -0.2) is 24.1 Å². The molecule has 1 saturated carbocycles. The minimum absolute atomic E-state index is 0.620. The predicted molar refractivity (Wildman–Crippen MR) is 70.3 cm³/mol. The summed E-state index contributed by atoms with van der Waals surface area (Å²) in [6.45, 7) is 4.21. The minimum Gasteiger partial charge on any atom is -0.359 e. The molecule has 16 heavy (non-hydrogen) atoms. The number of hydrogen-bond donors (Lipinski definition) is 2. The van der Waals surface area contributed by atoms with Gasteiger partial charge >= 0.3 is 0 Å². The summed E-state index contributed by atoms with van der Waals surface area (Å²) in [4.78, 5) is 5.86. The summed E-state index contributed by atoms with van der Waals surface area (Å²) in [5, 5.41) is 8.03. The van der Waals surface area contributed by atoms with Crippen LogP contribution < -0.4 is 10.6 Å². The molecule has 0 radical (unpaired) electrons. The molecule has 0 aliphatic heterocycles. The number of hydrogen-bond acceptors (Lipinski definition) is 4. The van der Waals surface area contributed by atoms with E-state index in [1.54, 1.807) is 11.3 Å². The van der Waals surface area contributed by atoms with E-state index >= 15 is 0 Å². The molecule has 0 bridgehead atoms. The van der Waals surface area contributed by atoms with Gasteiger partial charge in [0, 0.05) is 17.0 Å². The van der Waals surface area contributed by atoms with E-state index in [1.807, 2.05) is 0 Å². The lowest BCUT2D eigenvalue weighted by atomic mass is 9.91. The summed E-state index contributed by atoms with van der Waals surface area (Å²) in [5.74, 6) is 0. The molecule has 1 aromatic heterocycles. The van der Waals surface area contributed by atoms with Crippen molar-refractivity contribution in [1.82, 2.24) is 10.3 Å². The summed E-state index contributed by atoms with van der Waals surface area (Å²) < 4.78 is 0. The summed E-state index contributed by atoms with van der Waals surface area (Å²) in [7, 11) is 2.06. The molecule has 1 fully saturated rings. The number of thiazole rings is 1. The molecule has 1 aromatic rings. The molecular formula is C12H21N3S. The third-order valence-electron chi connectivity index (χ3n) is 3.49. The third-order valence-corrected chi connectivity index (χ3v) is 4.50. The van der Waals surface area contributed by atoms with E-state index in [4.69, 9.17) is 0 Å². The van der Waals surface area contributed by atoms with E-state index in [2.05, 4.69) is 36.5 Å². The molecule has 1 aliphatic carbocycles. The highest BCUT2D eigenvalue weighted by molar-refractivity contribution is 7.15. The molecule has 3 nitrogen and oxygen atoms in total. The molecule has 1 heterocycles. The molecule has 0 unspecified atom stereocenters. The highest BCUT2D eigenvalue weighted by atomic mass is 32.1. The fourth-order valence-corrected chi connectivity index (χ4v) is 3.13. The van der Waals surface area contributed by atoms with Crippen LogP contribution in [0, 0.1) is 13.8 Å². The van der Waals surface area contributed by atoms with Crippen LogP contribution >= 0.6 is 11.3 Å². The first-order chi connectivity index (χ1) is 7.69. The van der Waals surface area contributed by atoms with Gasteiger partial charge in [0.15, 0.2) is 5.13 Å². The van der Waals surface area contributed by atoms with Crippen molar-refractivity contribution in [1.29, 1.82) is 0 Å². The normalized spacial score (nSPS) is 25.7. The van der Waals surface area contributed by atoms with Crippen LogP contribution in [0.4, 0.5) is 5.13 Å². The van der Waals surface area contributed by atoms with Gasteiger partial charge in [-0.15, -0.1) is 11.3 Å². The topological polar surface area (TPSA) is 37.0 Å². The van der Waals surface area contributed by atoms with Crippen molar-refractivity contribution in [2.75, 3.05) is 12.4 Å². The number of aryl methyl sites for hydroxylation is 2. The fourth-order valence-electron chi connectivity index (χ4n) is 2.24. The quantitative estimate of drug-likeness (QED) is 0.851. The molecule has 4 heteroatoms. The average molecular weight is 239 g/mol. The van der Waals surface area contributed by atoms with Gasteiger partial charge in [-0.25, -0.2) is 4.98 Å². The Morgan fingerprint density at radius 3 is 2.25 bits per heavy atom. The van der Waals surface area contributed by atoms with E-state index in [9.17, 15) is 0 Å². The van der Waals surface area contributed by atoms with E-state index in [-0.39, 0.29) is 0 Å². The second-order valence-corrected chi connectivity index (χ2v) is 5.85. The van der Waals surface area contributed by atoms with Gasteiger partial charge in [0.1, 0.15) is 0 Å². The molecule has 2 N–H and O–H groups in total. The van der Waals surface area contributed by atoms with E-state index in [0.29, 0.717) is 6.04 Å². The Bertz CT molecular complexity index is 321. The van der Waals surface area contributed by atoms with Crippen molar-refractivity contribution in [3.05, 3.63) is 10.6 Å². The summed E-state index contributed by atoms with van der Waals surface area (Å²) in [5.41, 5.74) is 1.16. The van der Waals surface area contributed by atoms with Gasteiger partial charge in [-0.05, 0) is 46.6 Å². The molecule has 0 spiro atoms. The summed E-state index contributed by atoms with van der Waals surface area (Å²) >= 11 is 1.78. The molecule has 0 amide bonds. The summed E-state index contributed by atoms with van der Waals surface area (Å²) in [6, 6.07) is 1.34. The van der Waals surface area contributed by atoms with Gasteiger partial charge in [-0.3, -0.25) is 0 Å². The first-order valence-electron chi connectivity index (χ1n) is 6.07. The number of aromatic nitrogens is 1. The Morgan fingerprint density at radius 2 is 1.75 bits per heavy atom. The van der Waals surface area contributed by atoms with Gasteiger partial charge in [0.25, 0.3) is 0 Å².